The molecule has 2 aromatic heterocycles. The fourth-order valence-corrected chi connectivity index (χ4v) is 3.34. The highest BCUT2D eigenvalue weighted by Gasteiger charge is 2.34. The average molecular weight is 409 g/mol. The second kappa shape index (κ2) is 7.66. The van der Waals surface area contributed by atoms with Crippen molar-refractivity contribution in [3.63, 3.8) is 0 Å². The monoisotopic (exact) mass is 409 g/mol. The van der Waals surface area contributed by atoms with Crippen molar-refractivity contribution in [2.75, 3.05) is 13.1 Å². The first-order valence-electron chi connectivity index (χ1n) is 9.58. The predicted molar refractivity (Wildman–Crippen MR) is 108 cm³/mol. The molecular weight excluding hydrogens is 389 g/mol. The van der Waals surface area contributed by atoms with Crippen LogP contribution in [0.2, 0.25) is 0 Å². The Morgan fingerprint density at radius 2 is 1.77 bits per heavy atom. The Labute approximate surface area is 171 Å². The Hall–Kier alpha value is -3.62. The lowest BCUT2D eigenvalue weighted by atomic mass is 10.1. The summed E-state index contributed by atoms with van der Waals surface area (Å²) in [6.45, 7) is 4.21. The second-order valence-corrected chi connectivity index (χ2v) is 7.47. The molecule has 0 atom stereocenters. The highest BCUT2D eigenvalue weighted by molar-refractivity contribution is 5.92. The van der Waals surface area contributed by atoms with Crippen LogP contribution in [-0.4, -0.2) is 43.5 Å². The van der Waals surface area contributed by atoms with Crippen LogP contribution in [0.15, 0.2) is 58.1 Å². The van der Waals surface area contributed by atoms with Gasteiger partial charge in [-0.3, -0.25) is 14.4 Å². The second-order valence-electron chi connectivity index (χ2n) is 7.47. The minimum Gasteiger partial charge on any atom is -0.333 e. The van der Waals surface area contributed by atoms with Crippen LogP contribution in [-0.2, 0) is 0 Å². The van der Waals surface area contributed by atoms with Crippen molar-refractivity contribution in [2.24, 2.45) is 0 Å². The number of likely N-dealkylation sites (tertiary alicyclic amines) is 1. The average Bonchev–Trinajstić information content (AvgIpc) is 2.68. The summed E-state index contributed by atoms with van der Waals surface area (Å²) in [5, 5.41) is 8.50. The number of aromatic nitrogens is 4. The van der Waals surface area contributed by atoms with Crippen LogP contribution in [0.25, 0.3) is 11.3 Å². The van der Waals surface area contributed by atoms with E-state index in [0.29, 0.717) is 24.3 Å². The van der Waals surface area contributed by atoms with Gasteiger partial charge < -0.3 is 4.90 Å². The van der Waals surface area contributed by atoms with Crippen molar-refractivity contribution >= 4 is 5.91 Å². The molecule has 0 aliphatic carbocycles. The molecule has 1 aliphatic rings. The number of hydrogen-bond acceptors (Lipinski definition) is 5. The van der Waals surface area contributed by atoms with Crippen LogP contribution < -0.4 is 11.1 Å². The number of amides is 1. The summed E-state index contributed by atoms with van der Waals surface area (Å²) in [5.74, 6) is -0.697. The molecule has 30 heavy (non-hydrogen) atoms. The lowest BCUT2D eigenvalue weighted by Crippen LogP contribution is -2.53. The van der Waals surface area contributed by atoms with Crippen LogP contribution in [0, 0.1) is 5.82 Å². The highest BCUT2D eigenvalue weighted by Crippen LogP contribution is 2.23. The summed E-state index contributed by atoms with van der Waals surface area (Å²) in [5.41, 5.74) is 0.656. The molecule has 0 unspecified atom stereocenters. The first kappa shape index (κ1) is 19.7. The topological polar surface area (TPSA) is 90.1 Å². The van der Waals surface area contributed by atoms with Gasteiger partial charge in [0.2, 0.25) is 0 Å². The molecule has 0 saturated carbocycles. The molecule has 1 fully saturated rings. The Balaban J connectivity index is 1.52. The van der Waals surface area contributed by atoms with Crippen molar-refractivity contribution < 1.29 is 9.18 Å². The number of carbonyl (C=O) groups excluding carboxylic acids is 1. The third kappa shape index (κ3) is 3.66. The van der Waals surface area contributed by atoms with E-state index in [4.69, 9.17) is 0 Å². The Morgan fingerprint density at radius 1 is 1.03 bits per heavy atom. The van der Waals surface area contributed by atoms with Crippen molar-refractivity contribution in [1.82, 2.24) is 24.5 Å². The molecule has 9 heteroatoms. The Kier molecular flexibility index (Phi) is 5.03. The van der Waals surface area contributed by atoms with Gasteiger partial charge in [0.15, 0.2) is 0 Å². The fraction of sp³-hybridized carbons (Fsp3) is 0.286. The van der Waals surface area contributed by atoms with Crippen molar-refractivity contribution in [1.29, 1.82) is 0 Å². The predicted octanol–water partition coefficient (Wildman–Crippen LogP) is 1.88. The van der Waals surface area contributed by atoms with E-state index in [1.807, 2.05) is 13.8 Å². The highest BCUT2D eigenvalue weighted by atomic mass is 19.1. The van der Waals surface area contributed by atoms with Crippen molar-refractivity contribution in [3.05, 3.63) is 80.7 Å². The molecule has 0 bridgehead atoms. The van der Waals surface area contributed by atoms with E-state index in [-0.39, 0.29) is 40.6 Å². The van der Waals surface area contributed by atoms with Crippen molar-refractivity contribution in [2.45, 2.75) is 25.9 Å². The first-order valence-corrected chi connectivity index (χ1v) is 9.58. The molecule has 0 radical (unpaired) electrons. The maximum absolute atomic E-state index is 13.5. The summed E-state index contributed by atoms with van der Waals surface area (Å²) >= 11 is 0. The van der Waals surface area contributed by atoms with E-state index in [2.05, 4.69) is 10.2 Å². The molecule has 3 aromatic rings. The number of halogens is 1. The smallest absolute Gasteiger partial charge is 0.274 e. The first-order chi connectivity index (χ1) is 14.3. The van der Waals surface area contributed by atoms with Gasteiger partial charge >= 0.3 is 0 Å². The van der Waals surface area contributed by atoms with Gasteiger partial charge in [-0.2, -0.15) is 10.2 Å². The van der Waals surface area contributed by atoms with Gasteiger partial charge in [0.1, 0.15) is 11.5 Å². The van der Waals surface area contributed by atoms with Gasteiger partial charge in [-0.25, -0.2) is 13.8 Å². The molecule has 154 valence electrons. The third-order valence-electron chi connectivity index (χ3n) is 4.97. The quantitative estimate of drug-likeness (QED) is 0.656. The lowest BCUT2D eigenvalue weighted by Gasteiger charge is -2.39. The number of nitrogens with zero attached hydrogens (tertiary/aromatic N) is 5. The van der Waals surface area contributed by atoms with Gasteiger partial charge in [-0.15, -0.1) is 0 Å². The van der Waals surface area contributed by atoms with Crippen LogP contribution >= 0.6 is 0 Å². The van der Waals surface area contributed by atoms with Crippen molar-refractivity contribution in [3.8, 4) is 11.3 Å². The third-order valence-corrected chi connectivity index (χ3v) is 4.97. The summed E-state index contributed by atoms with van der Waals surface area (Å²) in [6, 6.07) is 11.2. The molecular formula is C21H20FN5O3. The summed E-state index contributed by atoms with van der Waals surface area (Å²) in [7, 11) is 0. The molecule has 1 aliphatic heterocycles. The van der Waals surface area contributed by atoms with E-state index >= 15 is 0 Å². The Bertz CT molecular complexity index is 1230. The lowest BCUT2D eigenvalue weighted by molar-refractivity contribution is 0.0484. The van der Waals surface area contributed by atoms with Crippen LogP contribution in [0.1, 0.15) is 36.4 Å². The summed E-state index contributed by atoms with van der Waals surface area (Å²) < 4.78 is 16.1. The molecule has 4 rings (SSSR count). The standard InChI is InChI=1S/C21H20FN5O3/c1-13(2)26-19(28)9-7-18(24-26)21(30)25-11-16(12-25)27-20(29)8-6-17(23-27)14-4-3-5-15(22)10-14/h3-10,13,16H,11-12H2,1-2H3. The maximum Gasteiger partial charge on any atom is 0.274 e. The molecule has 8 nitrogen and oxygen atoms in total. The number of benzene rings is 1. The molecule has 3 heterocycles. The molecule has 1 amide bonds. The zero-order chi connectivity index (χ0) is 21.4. The van der Waals surface area contributed by atoms with Gasteiger partial charge in [-0.05, 0) is 38.1 Å². The van der Waals surface area contributed by atoms with Gasteiger partial charge in [0.25, 0.3) is 17.0 Å². The Morgan fingerprint density at radius 3 is 2.47 bits per heavy atom. The van der Waals surface area contributed by atoms with Crippen LogP contribution in [0.5, 0.6) is 0 Å². The molecule has 1 aromatic carbocycles. The van der Waals surface area contributed by atoms with E-state index in [1.165, 1.54) is 39.7 Å². The fourth-order valence-electron chi connectivity index (χ4n) is 3.34. The normalized spacial score (nSPS) is 14.1. The zero-order valence-electron chi connectivity index (χ0n) is 16.5. The van der Waals surface area contributed by atoms with Crippen LogP contribution in [0.4, 0.5) is 4.39 Å². The molecule has 1 saturated heterocycles. The maximum atomic E-state index is 13.5. The SMILES string of the molecule is CC(C)n1nc(C(=O)N2CC(n3nc(-c4cccc(F)c4)ccc3=O)C2)ccc1=O. The zero-order valence-corrected chi connectivity index (χ0v) is 16.5. The summed E-state index contributed by atoms with van der Waals surface area (Å²) in [4.78, 5) is 38.4. The van der Waals surface area contributed by atoms with E-state index in [1.54, 1.807) is 23.1 Å². The van der Waals surface area contributed by atoms with E-state index in [9.17, 15) is 18.8 Å². The number of hydrogen-bond donors (Lipinski definition) is 0. The van der Waals surface area contributed by atoms with Gasteiger partial charge in [-0.1, -0.05) is 12.1 Å². The van der Waals surface area contributed by atoms with Crippen LogP contribution in [0.3, 0.4) is 0 Å². The van der Waals surface area contributed by atoms with E-state index < -0.39 is 0 Å². The van der Waals surface area contributed by atoms with E-state index in [0.717, 1.165) is 0 Å². The molecule has 0 spiro atoms. The largest absolute Gasteiger partial charge is 0.333 e. The number of carbonyl (C=O) groups is 1. The minimum absolute atomic E-state index is 0.164. The summed E-state index contributed by atoms with van der Waals surface area (Å²) in [6.07, 6.45) is 0. The van der Waals surface area contributed by atoms with Gasteiger partial charge in [0, 0.05) is 30.8 Å². The van der Waals surface area contributed by atoms with Gasteiger partial charge in [0.05, 0.1) is 17.8 Å². The molecule has 0 N–H and O–H groups in total. The minimum atomic E-state index is -0.386. The number of rotatable bonds is 4.